The highest BCUT2D eigenvalue weighted by atomic mass is 16.5. The summed E-state index contributed by atoms with van der Waals surface area (Å²) in [5, 5.41) is 2.84. The number of hydrogen-bond acceptors (Lipinski definition) is 5. The predicted molar refractivity (Wildman–Crippen MR) is 64.5 cm³/mol. The smallest absolute Gasteiger partial charge is 0.271 e. The van der Waals surface area contributed by atoms with E-state index in [1.54, 1.807) is 7.11 Å². The molecule has 3 N–H and O–H groups in total. The number of amides is 1. The summed E-state index contributed by atoms with van der Waals surface area (Å²) < 4.78 is 5.04. The molecule has 0 aliphatic rings. The van der Waals surface area contributed by atoms with Crippen molar-refractivity contribution < 1.29 is 9.53 Å². The molecule has 1 unspecified atom stereocenters. The third kappa shape index (κ3) is 4.36. The molecule has 0 spiro atoms. The summed E-state index contributed by atoms with van der Waals surface area (Å²) in [6, 6.07) is -0.0132. The normalized spacial score (nSPS) is 12.1. The van der Waals surface area contributed by atoms with Crippen LogP contribution in [0.1, 0.15) is 30.3 Å². The van der Waals surface area contributed by atoms with Gasteiger partial charge in [-0.15, -0.1) is 0 Å². The Morgan fingerprint density at radius 1 is 1.59 bits per heavy atom. The molecular weight excluding hydrogens is 220 g/mol. The number of carbonyl (C=O) groups excluding carboxylic acids is 1. The fraction of sp³-hybridized carbons (Fsp3) is 0.545. The molecule has 0 aromatic carbocycles. The van der Waals surface area contributed by atoms with E-state index in [0.717, 1.165) is 12.8 Å². The molecule has 1 rings (SSSR count). The topological polar surface area (TPSA) is 90.1 Å². The maximum Gasteiger partial charge on any atom is 0.271 e. The van der Waals surface area contributed by atoms with E-state index in [-0.39, 0.29) is 23.5 Å². The van der Waals surface area contributed by atoms with Gasteiger partial charge in [0.05, 0.1) is 25.0 Å². The minimum Gasteiger partial charge on any atom is -0.383 e. The van der Waals surface area contributed by atoms with Crippen LogP contribution >= 0.6 is 0 Å². The van der Waals surface area contributed by atoms with E-state index in [9.17, 15) is 4.79 Å². The Morgan fingerprint density at radius 2 is 2.35 bits per heavy atom. The molecule has 0 saturated carbocycles. The van der Waals surface area contributed by atoms with Crippen molar-refractivity contribution in [1.82, 2.24) is 15.3 Å². The number of nitrogen functional groups attached to an aromatic ring is 1. The summed E-state index contributed by atoms with van der Waals surface area (Å²) in [7, 11) is 1.61. The van der Waals surface area contributed by atoms with E-state index in [2.05, 4.69) is 22.2 Å². The summed E-state index contributed by atoms with van der Waals surface area (Å²) >= 11 is 0. The molecule has 0 fully saturated rings. The third-order valence-corrected chi connectivity index (χ3v) is 2.23. The molecule has 0 aliphatic carbocycles. The zero-order valence-corrected chi connectivity index (χ0v) is 10.1. The Morgan fingerprint density at radius 3 is 2.94 bits per heavy atom. The lowest BCUT2D eigenvalue weighted by Crippen LogP contribution is -2.38. The lowest BCUT2D eigenvalue weighted by Gasteiger charge is -2.16. The van der Waals surface area contributed by atoms with Crippen LogP contribution in [0.5, 0.6) is 0 Å². The van der Waals surface area contributed by atoms with E-state index in [4.69, 9.17) is 10.5 Å². The third-order valence-electron chi connectivity index (χ3n) is 2.23. The van der Waals surface area contributed by atoms with E-state index >= 15 is 0 Å². The minimum atomic E-state index is -0.277. The van der Waals surface area contributed by atoms with Crippen molar-refractivity contribution in [2.75, 3.05) is 19.5 Å². The Balaban J connectivity index is 2.63. The molecule has 0 radical (unpaired) electrons. The summed E-state index contributed by atoms with van der Waals surface area (Å²) in [6.45, 7) is 2.53. The molecule has 1 heterocycles. The lowest BCUT2D eigenvalue weighted by atomic mass is 10.2. The number of anilines is 1. The highest BCUT2D eigenvalue weighted by Crippen LogP contribution is 2.01. The van der Waals surface area contributed by atoms with E-state index in [1.165, 1.54) is 12.4 Å². The molecule has 0 bridgehead atoms. The first-order valence-electron chi connectivity index (χ1n) is 5.54. The van der Waals surface area contributed by atoms with Crippen molar-refractivity contribution in [2.24, 2.45) is 0 Å². The zero-order chi connectivity index (χ0) is 12.7. The first kappa shape index (κ1) is 13.4. The number of methoxy groups -OCH3 is 1. The van der Waals surface area contributed by atoms with Crippen LogP contribution in [0.4, 0.5) is 5.82 Å². The summed E-state index contributed by atoms with van der Waals surface area (Å²) in [5.41, 5.74) is 5.69. The number of hydrogen-bond donors (Lipinski definition) is 2. The minimum absolute atomic E-state index is 0.0132. The monoisotopic (exact) mass is 238 g/mol. The summed E-state index contributed by atoms with van der Waals surface area (Å²) in [5.74, 6) is -0.0447. The number of carbonyl (C=O) groups is 1. The van der Waals surface area contributed by atoms with Crippen LogP contribution in [-0.2, 0) is 4.74 Å². The van der Waals surface area contributed by atoms with Crippen molar-refractivity contribution >= 4 is 11.7 Å². The molecule has 6 nitrogen and oxygen atoms in total. The van der Waals surface area contributed by atoms with Gasteiger partial charge in [-0.25, -0.2) is 4.98 Å². The molecule has 0 saturated heterocycles. The molecule has 94 valence electrons. The Bertz CT molecular complexity index is 364. The Kier molecular flexibility index (Phi) is 5.35. The van der Waals surface area contributed by atoms with Crippen LogP contribution in [0.15, 0.2) is 12.4 Å². The van der Waals surface area contributed by atoms with Crippen LogP contribution in [0, 0.1) is 0 Å². The van der Waals surface area contributed by atoms with Gasteiger partial charge < -0.3 is 15.8 Å². The molecule has 1 aromatic heterocycles. The molecule has 0 aliphatic heterocycles. The van der Waals surface area contributed by atoms with Crippen LogP contribution in [0.2, 0.25) is 0 Å². The fourth-order valence-electron chi connectivity index (χ4n) is 1.50. The SMILES string of the molecule is CCCC(COC)NC(=O)c1cncc(N)n1. The molecule has 6 heteroatoms. The summed E-state index contributed by atoms with van der Waals surface area (Å²) in [4.78, 5) is 19.6. The second-order valence-electron chi connectivity index (χ2n) is 3.74. The van der Waals surface area contributed by atoms with Gasteiger partial charge in [-0.05, 0) is 6.42 Å². The van der Waals surface area contributed by atoms with Gasteiger partial charge >= 0.3 is 0 Å². The van der Waals surface area contributed by atoms with Crippen molar-refractivity contribution in [3.63, 3.8) is 0 Å². The van der Waals surface area contributed by atoms with Crippen LogP contribution < -0.4 is 11.1 Å². The quantitative estimate of drug-likeness (QED) is 0.757. The van der Waals surface area contributed by atoms with E-state index in [1.807, 2.05) is 0 Å². The number of aromatic nitrogens is 2. The van der Waals surface area contributed by atoms with Gasteiger partial charge in [-0.3, -0.25) is 9.78 Å². The molecular formula is C11H18N4O2. The van der Waals surface area contributed by atoms with Gasteiger partial charge in [0.1, 0.15) is 11.5 Å². The van der Waals surface area contributed by atoms with Crippen LogP contribution in [0.25, 0.3) is 0 Å². The standard InChI is InChI=1S/C11H18N4O2/c1-3-4-8(7-17-2)14-11(16)9-5-13-6-10(12)15-9/h5-6,8H,3-4,7H2,1-2H3,(H2,12,15)(H,14,16). The molecule has 17 heavy (non-hydrogen) atoms. The second-order valence-corrected chi connectivity index (χ2v) is 3.74. The first-order chi connectivity index (χ1) is 8.17. The average molecular weight is 238 g/mol. The van der Waals surface area contributed by atoms with Crippen molar-refractivity contribution in [2.45, 2.75) is 25.8 Å². The first-order valence-corrected chi connectivity index (χ1v) is 5.54. The van der Waals surface area contributed by atoms with Crippen molar-refractivity contribution in [3.05, 3.63) is 18.1 Å². The zero-order valence-electron chi connectivity index (χ0n) is 10.1. The number of nitrogens with two attached hydrogens (primary N) is 1. The lowest BCUT2D eigenvalue weighted by molar-refractivity contribution is 0.0886. The van der Waals surface area contributed by atoms with Gasteiger partial charge in [-0.2, -0.15) is 0 Å². The predicted octanol–water partition coefficient (Wildman–Crippen LogP) is 0.604. The number of ether oxygens (including phenoxy) is 1. The van der Waals surface area contributed by atoms with Crippen molar-refractivity contribution in [3.8, 4) is 0 Å². The van der Waals surface area contributed by atoms with Gasteiger partial charge in [0.25, 0.3) is 5.91 Å². The highest BCUT2D eigenvalue weighted by molar-refractivity contribution is 5.92. The molecule has 1 aromatic rings. The van der Waals surface area contributed by atoms with Gasteiger partial charge in [-0.1, -0.05) is 13.3 Å². The van der Waals surface area contributed by atoms with Gasteiger partial charge in [0.15, 0.2) is 0 Å². The summed E-state index contributed by atoms with van der Waals surface area (Å²) in [6.07, 6.45) is 4.61. The maximum absolute atomic E-state index is 11.8. The largest absolute Gasteiger partial charge is 0.383 e. The second kappa shape index (κ2) is 6.80. The Labute approximate surface area is 101 Å². The fourth-order valence-corrected chi connectivity index (χ4v) is 1.50. The van der Waals surface area contributed by atoms with E-state index < -0.39 is 0 Å². The van der Waals surface area contributed by atoms with Crippen LogP contribution in [0.3, 0.4) is 0 Å². The maximum atomic E-state index is 11.8. The van der Waals surface area contributed by atoms with Gasteiger partial charge in [0, 0.05) is 7.11 Å². The molecule has 1 amide bonds. The highest BCUT2D eigenvalue weighted by Gasteiger charge is 2.14. The van der Waals surface area contributed by atoms with E-state index in [0.29, 0.717) is 6.61 Å². The Hall–Kier alpha value is -1.69. The number of rotatable bonds is 6. The number of nitrogens with one attached hydrogen (secondary N) is 1. The van der Waals surface area contributed by atoms with Crippen LogP contribution in [-0.4, -0.2) is 35.6 Å². The van der Waals surface area contributed by atoms with Crippen molar-refractivity contribution in [1.29, 1.82) is 0 Å². The average Bonchev–Trinajstić information content (AvgIpc) is 2.29. The van der Waals surface area contributed by atoms with Gasteiger partial charge in [0.2, 0.25) is 0 Å². The number of nitrogens with zero attached hydrogens (tertiary/aromatic N) is 2. The molecule has 1 atom stereocenters.